The first-order valence-electron chi connectivity index (χ1n) is 15.4. The molecule has 254 valence electrons. The minimum absolute atomic E-state index is 0.00318. The number of anilines is 2. The number of amides is 2. The molecule has 0 saturated heterocycles. The Labute approximate surface area is 260 Å². The lowest BCUT2D eigenvalue weighted by atomic mass is 10.2. The Morgan fingerprint density at radius 3 is 1.61 bits per heavy atom. The predicted octanol–water partition coefficient (Wildman–Crippen LogP) is -0.680. The van der Waals surface area contributed by atoms with Gasteiger partial charge in [0.25, 0.3) is 10.9 Å². The number of nitrogens with one attached hydrogen (secondary N) is 3. The molecular weight excluding hydrogens is 578 g/mol. The van der Waals surface area contributed by atoms with Crippen LogP contribution in [0, 0.1) is 0 Å². The van der Waals surface area contributed by atoms with Crippen molar-refractivity contribution in [3.05, 3.63) is 20.4 Å². The number of nitrogens with zero attached hydrogens (tertiary/aromatic N) is 1. The highest BCUT2D eigenvalue weighted by Gasteiger charge is 2.18. The van der Waals surface area contributed by atoms with Crippen LogP contribution in [-0.4, -0.2) is 136 Å². The Bertz CT molecular complexity index is 958. The van der Waals surface area contributed by atoms with Crippen LogP contribution in [0.3, 0.4) is 0 Å². The van der Waals surface area contributed by atoms with E-state index in [9.17, 15) is 19.2 Å². The van der Waals surface area contributed by atoms with Crippen molar-refractivity contribution in [1.82, 2.24) is 10.2 Å². The van der Waals surface area contributed by atoms with Gasteiger partial charge in [-0.3, -0.25) is 19.2 Å². The second kappa shape index (κ2) is 26.7. The van der Waals surface area contributed by atoms with Gasteiger partial charge in [-0.15, -0.1) is 0 Å². The number of nitrogens with two attached hydrogens (primary N) is 1. The van der Waals surface area contributed by atoms with Crippen LogP contribution in [0.2, 0.25) is 0 Å². The maximum absolute atomic E-state index is 12.2. The summed E-state index contributed by atoms with van der Waals surface area (Å²) in [5, 5.41) is 8.47. The van der Waals surface area contributed by atoms with Crippen molar-refractivity contribution in [2.75, 3.05) is 130 Å². The van der Waals surface area contributed by atoms with Gasteiger partial charge in [0.15, 0.2) is 0 Å². The summed E-state index contributed by atoms with van der Waals surface area (Å²) in [6.07, 6.45) is 2.79. The fourth-order valence-corrected chi connectivity index (χ4v) is 3.79. The molecule has 1 aromatic rings. The molecule has 0 atom stereocenters. The van der Waals surface area contributed by atoms with Crippen LogP contribution in [0.1, 0.15) is 32.6 Å². The fraction of sp³-hybridized carbons (Fsp3) is 0.793. The van der Waals surface area contributed by atoms with E-state index in [0.29, 0.717) is 136 Å². The van der Waals surface area contributed by atoms with Gasteiger partial charge in [0.1, 0.15) is 11.4 Å². The van der Waals surface area contributed by atoms with E-state index in [1.165, 1.54) is 11.8 Å². The highest BCUT2D eigenvalue weighted by Crippen LogP contribution is 2.12. The summed E-state index contributed by atoms with van der Waals surface area (Å²) in [6, 6.07) is 0. The van der Waals surface area contributed by atoms with E-state index in [-0.39, 0.29) is 18.4 Å². The summed E-state index contributed by atoms with van der Waals surface area (Å²) < 4.78 is 32.7. The Balaban J connectivity index is 1.90. The molecule has 0 aromatic heterocycles. The first kappa shape index (κ1) is 39.4. The molecule has 2 amide bonds. The highest BCUT2D eigenvalue weighted by molar-refractivity contribution is 5.83. The number of rotatable bonds is 31. The molecule has 1 aromatic carbocycles. The lowest BCUT2D eigenvalue weighted by Gasteiger charge is -2.20. The monoisotopic (exact) mass is 631 g/mol. The van der Waals surface area contributed by atoms with Crippen molar-refractivity contribution in [3.63, 3.8) is 0 Å². The van der Waals surface area contributed by atoms with Crippen molar-refractivity contribution in [2.24, 2.45) is 5.73 Å². The van der Waals surface area contributed by atoms with E-state index in [1.54, 1.807) is 7.05 Å². The van der Waals surface area contributed by atoms with Crippen molar-refractivity contribution < 1.29 is 38.0 Å². The van der Waals surface area contributed by atoms with Gasteiger partial charge < -0.3 is 55.0 Å². The van der Waals surface area contributed by atoms with E-state index >= 15 is 0 Å². The van der Waals surface area contributed by atoms with Crippen LogP contribution >= 0.6 is 0 Å². The molecule has 15 nitrogen and oxygen atoms in total. The van der Waals surface area contributed by atoms with Gasteiger partial charge in [-0.25, -0.2) is 0 Å². The average molecular weight is 632 g/mol. The summed E-state index contributed by atoms with van der Waals surface area (Å²) in [7, 11) is 1.60. The van der Waals surface area contributed by atoms with Crippen molar-refractivity contribution in [1.29, 1.82) is 0 Å². The Morgan fingerprint density at radius 2 is 1.11 bits per heavy atom. The Hall–Kier alpha value is -2.66. The molecule has 5 N–H and O–H groups in total. The van der Waals surface area contributed by atoms with Crippen molar-refractivity contribution >= 4 is 23.2 Å². The molecule has 0 aliphatic rings. The average Bonchev–Trinajstić information content (AvgIpc) is 3.01. The maximum atomic E-state index is 12.2. The van der Waals surface area contributed by atoms with Crippen molar-refractivity contribution in [3.8, 4) is 0 Å². The molecule has 0 heterocycles. The van der Waals surface area contributed by atoms with Gasteiger partial charge in [-0.1, -0.05) is 0 Å². The normalized spacial score (nSPS) is 11.2. The Morgan fingerprint density at radius 1 is 0.659 bits per heavy atom. The van der Waals surface area contributed by atoms with Gasteiger partial charge in [0, 0.05) is 60.0 Å². The molecule has 15 heteroatoms. The number of carbonyl (C=O) groups excluding carboxylic acids is 2. The SMILES string of the molecule is CNc1c(NCCCOCCOCCOCCCN(CC(=O)NCCCOCCOCCOCCCN)C(C)=O)c(=O)c1=O. The molecule has 0 aliphatic carbocycles. The zero-order valence-electron chi connectivity index (χ0n) is 26.5. The quantitative estimate of drug-likeness (QED) is 0.0597. The molecule has 0 bridgehead atoms. The molecule has 0 unspecified atom stereocenters. The van der Waals surface area contributed by atoms with Crippen LogP contribution in [0.15, 0.2) is 9.59 Å². The third-order valence-electron chi connectivity index (χ3n) is 6.19. The zero-order valence-corrected chi connectivity index (χ0v) is 26.5. The topological polar surface area (TPSA) is 189 Å². The summed E-state index contributed by atoms with van der Waals surface area (Å²) in [5.41, 5.74) is 5.07. The van der Waals surface area contributed by atoms with Crippen molar-refractivity contribution in [2.45, 2.75) is 32.6 Å². The first-order chi connectivity index (χ1) is 21.4. The number of ether oxygens (including phenoxy) is 6. The van der Waals surface area contributed by atoms with E-state index in [1.807, 2.05) is 0 Å². The van der Waals surface area contributed by atoms with Crippen LogP contribution in [-0.2, 0) is 38.0 Å². The summed E-state index contributed by atoms with van der Waals surface area (Å²) in [6.45, 7) is 9.30. The summed E-state index contributed by atoms with van der Waals surface area (Å²) >= 11 is 0. The third-order valence-corrected chi connectivity index (χ3v) is 6.19. The summed E-state index contributed by atoms with van der Waals surface area (Å²) in [5.74, 6) is -0.380. The smallest absolute Gasteiger partial charge is 0.253 e. The first-order valence-corrected chi connectivity index (χ1v) is 15.4. The molecule has 0 fully saturated rings. The van der Waals surface area contributed by atoms with Gasteiger partial charge >= 0.3 is 0 Å². The number of carbonyl (C=O) groups is 2. The lowest BCUT2D eigenvalue weighted by molar-refractivity contribution is -0.134. The lowest BCUT2D eigenvalue weighted by Crippen LogP contribution is -2.40. The molecule has 0 saturated carbocycles. The van der Waals surface area contributed by atoms with Gasteiger partial charge in [0.2, 0.25) is 11.8 Å². The Kier molecular flexibility index (Phi) is 23.9. The predicted molar refractivity (Wildman–Crippen MR) is 167 cm³/mol. The van der Waals surface area contributed by atoms with Gasteiger partial charge in [0.05, 0.1) is 59.4 Å². The number of hydrogen-bond donors (Lipinski definition) is 4. The molecule has 0 aliphatic heterocycles. The molecule has 1 rings (SSSR count). The molecule has 0 spiro atoms. The second-order valence-corrected chi connectivity index (χ2v) is 9.75. The van der Waals surface area contributed by atoms with E-state index in [2.05, 4.69) is 16.0 Å². The molecule has 44 heavy (non-hydrogen) atoms. The zero-order chi connectivity index (χ0) is 32.3. The minimum atomic E-state index is -0.492. The maximum Gasteiger partial charge on any atom is 0.253 e. The second-order valence-electron chi connectivity index (χ2n) is 9.75. The van der Waals surface area contributed by atoms with Crippen LogP contribution in [0.5, 0.6) is 0 Å². The van der Waals surface area contributed by atoms with Crippen LogP contribution in [0.4, 0.5) is 11.4 Å². The van der Waals surface area contributed by atoms with Gasteiger partial charge in [-0.05, 0) is 32.2 Å². The standard InChI is InChI=1S/C29H53N5O10/c1-24(35)34(23-25(36)32-8-4-12-40-16-20-43-19-15-39-11-3-7-30)10-6-14-42-18-22-44-21-17-41-13-5-9-33-27-26(31-2)28(37)29(27)38/h31,33H,3-23,30H2,1-2H3,(H,32,36). The molecule has 0 radical (unpaired) electrons. The fourth-order valence-electron chi connectivity index (χ4n) is 3.79. The molecular formula is C29H53N5O10. The van der Waals surface area contributed by atoms with E-state index in [0.717, 1.165) is 6.42 Å². The van der Waals surface area contributed by atoms with Crippen LogP contribution < -0.4 is 32.5 Å². The van der Waals surface area contributed by atoms with E-state index in [4.69, 9.17) is 34.2 Å². The highest BCUT2D eigenvalue weighted by atomic mass is 16.5. The van der Waals surface area contributed by atoms with E-state index < -0.39 is 10.9 Å². The van der Waals surface area contributed by atoms with Crippen LogP contribution in [0.25, 0.3) is 0 Å². The van der Waals surface area contributed by atoms with Gasteiger partial charge in [-0.2, -0.15) is 0 Å². The summed E-state index contributed by atoms with van der Waals surface area (Å²) in [4.78, 5) is 48.4. The largest absolute Gasteiger partial charge is 0.383 e. The number of hydrogen-bond acceptors (Lipinski definition) is 13. The third kappa shape index (κ3) is 18.9. The minimum Gasteiger partial charge on any atom is -0.383 e.